The third-order valence-corrected chi connectivity index (χ3v) is 0.905. The lowest BCUT2D eigenvalue weighted by atomic mass is 10.2. The summed E-state index contributed by atoms with van der Waals surface area (Å²) in [5.74, 6) is -0.441. The first-order chi connectivity index (χ1) is 5.24. The molecule has 3 N–H and O–H groups in total. The molecule has 0 saturated carbocycles. The molecule has 0 heterocycles. The second-order valence-electron chi connectivity index (χ2n) is 3.29. The molecule has 69 valence electrons. The first-order valence-electron chi connectivity index (χ1n) is 3.41. The highest BCUT2D eigenvalue weighted by Gasteiger charge is 2.20. The summed E-state index contributed by atoms with van der Waals surface area (Å²) in [5.41, 5.74) is 4.41. The molecule has 0 bridgehead atoms. The molecule has 0 aliphatic heterocycles. The number of rotatable bonds is 0. The Bertz CT molecular complexity index is 195. The van der Waals surface area contributed by atoms with Crippen LogP contribution in [0.1, 0.15) is 20.8 Å². The SMILES string of the molecule is [CH2]N(C(=N)N)C(=O)OC(C)(C)C. The number of nitrogens with zero attached hydrogens (tertiary/aromatic N) is 1. The van der Waals surface area contributed by atoms with Gasteiger partial charge in [0.25, 0.3) is 0 Å². The number of amides is 1. The Morgan fingerprint density at radius 3 is 2.25 bits per heavy atom. The van der Waals surface area contributed by atoms with Gasteiger partial charge in [0, 0.05) is 0 Å². The highest BCUT2D eigenvalue weighted by Crippen LogP contribution is 2.08. The minimum atomic E-state index is -0.727. The van der Waals surface area contributed by atoms with E-state index in [2.05, 4.69) is 7.05 Å². The van der Waals surface area contributed by atoms with Gasteiger partial charge in [0.1, 0.15) is 5.60 Å². The molecule has 1 amide bonds. The maximum absolute atomic E-state index is 11.0. The largest absolute Gasteiger partial charge is 0.443 e. The smallest absolute Gasteiger partial charge is 0.417 e. The van der Waals surface area contributed by atoms with Crippen LogP contribution in [0.3, 0.4) is 0 Å². The number of hydrogen-bond acceptors (Lipinski definition) is 3. The van der Waals surface area contributed by atoms with E-state index in [0.717, 1.165) is 0 Å². The van der Waals surface area contributed by atoms with E-state index in [1.54, 1.807) is 20.8 Å². The molecule has 0 aromatic carbocycles. The molecule has 0 unspecified atom stereocenters. The Hall–Kier alpha value is -1.26. The van der Waals surface area contributed by atoms with Gasteiger partial charge >= 0.3 is 6.09 Å². The zero-order valence-corrected chi connectivity index (χ0v) is 7.55. The molecule has 5 heteroatoms. The van der Waals surface area contributed by atoms with Gasteiger partial charge in [-0.2, -0.15) is 0 Å². The Morgan fingerprint density at radius 1 is 1.58 bits per heavy atom. The topological polar surface area (TPSA) is 79.4 Å². The number of carbonyl (C=O) groups excluding carboxylic acids is 1. The second-order valence-corrected chi connectivity index (χ2v) is 3.29. The van der Waals surface area contributed by atoms with Gasteiger partial charge in [-0.25, -0.2) is 9.69 Å². The Morgan fingerprint density at radius 2 is 2.00 bits per heavy atom. The Labute approximate surface area is 72.0 Å². The van der Waals surface area contributed by atoms with Crippen LogP contribution in [-0.4, -0.2) is 22.6 Å². The third kappa shape index (κ3) is 3.80. The number of ether oxygens (including phenoxy) is 1. The summed E-state index contributed by atoms with van der Waals surface area (Å²) in [7, 11) is 3.23. The van der Waals surface area contributed by atoms with Gasteiger partial charge in [0.2, 0.25) is 0 Å². The monoisotopic (exact) mass is 172 g/mol. The molecule has 0 atom stereocenters. The molecule has 0 aromatic rings. The van der Waals surface area contributed by atoms with Crippen LogP contribution in [0.25, 0.3) is 0 Å². The van der Waals surface area contributed by atoms with Gasteiger partial charge in [0.15, 0.2) is 5.96 Å². The van der Waals surface area contributed by atoms with Crippen molar-refractivity contribution in [2.24, 2.45) is 5.73 Å². The lowest BCUT2D eigenvalue weighted by Crippen LogP contribution is -2.40. The van der Waals surface area contributed by atoms with Crippen molar-refractivity contribution in [3.8, 4) is 0 Å². The summed E-state index contributed by atoms with van der Waals surface area (Å²) in [5, 5.41) is 6.88. The van der Waals surface area contributed by atoms with Crippen molar-refractivity contribution < 1.29 is 9.53 Å². The average molecular weight is 172 g/mol. The first-order valence-corrected chi connectivity index (χ1v) is 3.41. The van der Waals surface area contributed by atoms with E-state index in [1.165, 1.54) is 0 Å². The lowest BCUT2D eigenvalue weighted by molar-refractivity contribution is 0.0420. The predicted molar refractivity (Wildman–Crippen MR) is 45.3 cm³/mol. The van der Waals surface area contributed by atoms with Crippen LogP contribution in [0.5, 0.6) is 0 Å². The van der Waals surface area contributed by atoms with Crippen molar-refractivity contribution in [3.05, 3.63) is 7.05 Å². The Kier molecular flexibility index (Phi) is 3.06. The molecule has 0 saturated heterocycles. The lowest BCUT2D eigenvalue weighted by Gasteiger charge is -2.23. The maximum atomic E-state index is 11.0. The van der Waals surface area contributed by atoms with Crippen LogP contribution in [-0.2, 0) is 4.74 Å². The fourth-order valence-corrected chi connectivity index (χ4v) is 0.415. The molecule has 0 aliphatic rings. The highest BCUT2D eigenvalue weighted by molar-refractivity contribution is 5.91. The molecule has 0 fully saturated rings. The minimum absolute atomic E-state index is 0.441. The van der Waals surface area contributed by atoms with Crippen LogP contribution in [0, 0.1) is 12.5 Å². The maximum Gasteiger partial charge on any atom is 0.417 e. The number of nitrogens with two attached hydrogens (primary N) is 1. The summed E-state index contributed by atoms with van der Waals surface area (Å²) >= 11 is 0. The molecular formula is C7H14N3O2. The van der Waals surface area contributed by atoms with Crippen molar-refractivity contribution in [3.63, 3.8) is 0 Å². The van der Waals surface area contributed by atoms with E-state index in [4.69, 9.17) is 15.9 Å². The van der Waals surface area contributed by atoms with Crippen molar-refractivity contribution in [1.82, 2.24) is 4.90 Å². The van der Waals surface area contributed by atoms with E-state index >= 15 is 0 Å². The van der Waals surface area contributed by atoms with Crippen LogP contribution in [0.4, 0.5) is 4.79 Å². The van der Waals surface area contributed by atoms with Crippen LogP contribution >= 0.6 is 0 Å². The number of carbonyl (C=O) groups is 1. The molecule has 0 spiro atoms. The zero-order valence-electron chi connectivity index (χ0n) is 7.55. The van der Waals surface area contributed by atoms with Gasteiger partial charge in [-0.1, -0.05) is 0 Å². The predicted octanol–water partition coefficient (Wildman–Crippen LogP) is 0.909. The zero-order chi connectivity index (χ0) is 9.94. The summed E-state index contributed by atoms with van der Waals surface area (Å²) in [4.78, 5) is 11.7. The van der Waals surface area contributed by atoms with Crippen LogP contribution in [0.15, 0.2) is 0 Å². The molecule has 1 radical (unpaired) electrons. The van der Waals surface area contributed by atoms with E-state index < -0.39 is 17.7 Å². The number of nitrogens with one attached hydrogen (secondary N) is 1. The van der Waals surface area contributed by atoms with Gasteiger partial charge < -0.3 is 10.5 Å². The van der Waals surface area contributed by atoms with E-state index in [1.807, 2.05) is 0 Å². The van der Waals surface area contributed by atoms with Crippen molar-refractivity contribution in [2.75, 3.05) is 0 Å². The standard InChI is InChI=1S/C7H14N3O2/c1-7(2,3)12-6(11)10(4)5(8)9/h4H2,1-3H3,(H3,8,9). The summed E-state index contributed by atoms with van der Waals surface area (Å²) in [6.07, 6.45) is -0.727. The average Bonchev–Trinajstić information content (AvgIpc) is 1.82. The number of hydrogen-bond donors (Lipinski definition) is 2. The number of guanidine groups is 1. The Balaban J connectivity index is 4.15. The van der Waals surface area contributed by atoms with Crippen molar-refractivity contribution in [2.45, 2.75) is 26.4 Å². The fraction of sp³-hybridized carbons (Fsp3) is 0.571. The van der Waals surface area contributed by atoms with Gasteiger partial charge in [-0.05, 0) is 20.8 Å². The van der Waals surface area contributed by atoms with Crippen molar-refractivity contribution in [1.29, 1.82) is 5.41 Å². The molecule has 0 rings (SSSR count). The molecule has 0 aromatic heterocycles. The minimum Gasteiger partial charge on any atom is -0.443 e. The molecule has 12 heavy (non-hydrogen) atoms. The molecule has 5 nitrogen and oxygen atoms in total. The van der Waals surface area contributed by atoms with E-state index in [9.17, 15) is 4.79 Å². The summed E-state index contributed by atoms with van der Waals surface area (Å²) in [6, 6.07) is 0. The van der Waals surface area contributed by atoms with Crippen molar-refractivity contribution >= 4 is 12.1 Å². The quantitative estimate of drug-likeness (QED) is 0.421. The van der Waals surface area contributed by atoms with Gasteiger partial charge in [0.05, 0.1) is 7.05 Å². The fourth-order valence-electron chi connectivity index (χ4n) is 0.415. The molecule has 0 aliphatic carbocycles. The highest BCUT2D eigenvalue weighted by atomic mass is 16.6. The second kappa shape index (κ2) is 3.42. The van der Waals surface area contributed by atoms with E-state index in [-0.39, 0.29) is 0 Å². The van der Waals surface area contributed by atoms with Gasteiger partial charge in [-0.3, -0.25) is 5.41 Å². The summed E-state index contributed by atoms with van der Waals surface area (Å²) < 4.78 is 4.86. The summed E-state index contributed by atoms with van der Waals surface area (Å²) in [6.45, 7) is 5.16. The van der Waals surface area contributed by atoms with Gasteiger partial charge in [-0.15, -0.1) is 0 Å². The van der Waals surface area contributed by atoms with Crippen LogP contribution < -0.4 is 5.73 Å². The first kappa shape index (κ1) is 10.7. The third-order valence-electron chi connectivity index (χ3n) is 0.905. The van der Waals surface area contributed by atoms with Crippen LogP contribution in [0.2, 0.25) is 0 Å². The normalized spacial score (nSPS) is 10.7. The van der Waals surface area contributed by atoms with E-state index in [0.29, 0.717) is 4.90 Å². The molecular weight excluding hydrogens is 158 g/mol.